The van der Waals surface area contributed by atoms with Gasteiger partial charge in [-0.05, 0) is 67.3 Å². The van der Waals surface area contributed by atoms with Crippen LogP contribution < -0.4 is 0 Å². The molecule has 0 aromatic heterocycles. The first-order chi connectivity index (χ1) is 15.2. The molecular weight excluding hydrogens is 412 g/mol. The fourth-order valence-corrected chi connectivity index (χ4v) is 8.27. The fourth-order valence-electron chi connectivity index (χ4n) is 8.27. The van der Waals surface area contributed by atoms with Crippen molar-refractivity contribution in [2.45, 2.75) is 71.8 Å². The zero-order valence-corrected chi connectivity index (χ0v) is 19.1. The van der Waals surface area contributed by atoms with Crippen molar-refractivity contribution in [3.8, 4) is 0 Å². The van der Waals surface area contributed by atoms with Gasteiger partial charge in [0.05, 0.1) is 12.7 Å². The SMILES string of the molecule is CC(=O)OCC(=O)[C@H]1CC[C@H]2[C@@H]3CCC4=C(OC(C)=O)C(=O)CC[C@@]45CO[C@@H](C[C@]12C)[C@@H]35. The van der Waals surface area contributed by atoms with Crippen molar-refractivity contribution in [3.63, 3.8) is 0 Å². The number of Topliss-reactive ketones (excluding diaryl/α,β-unsaturated/α-hetero) is 2. The van der Waals surface area contributed by atoms with Crippen LogP contribution in [-0.2, 0) is 33.4 Å². The van der Waals surface area contributed by atoms with E-state index in [9.17, 15) is 19.2 Å². The molecule has 0 radical (unpaired) electrons. The van der Waals surface area contributed by atoms with Crippen molar-refractivity contribution in [2.24, 2.45) is 34.5 Å². The van der Waals surface area contributed by atoms with E-state index in [1.807, 2.05) is 0 Å². The van der Waals surface area contributed by atoms with Crippen LogP contribution in [0.5, 0.6) is 0 Å². The summed E-state index contributed by atoms with van der Waals surface area (Å²) in [6.07, 6.45) is 5.45. The maximum absolute atomic E-state index is 13.0. The second kappa shape index (κ2) is 7.51. The number of rotatable bonds is 4. The largest absolute Gasteiger partial charge is 0.458 e. The highest BCUT2D eigenvalue weighted by molar-refractivity contribution is 5.97. The van der Waals surface area contributed by atoms with Gasteiger partial charge in [0.2, 0.25) is 0 Å². The predicted octanol–water partition coefficient (Wildman–Crippen LogP) is 3.15. The first kappa shape index (κ1) is 21.8. The maximum atomic E-state index is 13.0. The summed E-state index contributed by atoms with van der Waals surface area (Å²) in [5, 5.41) is 0. The summed E-state index contributed by atoms with van der Waals surface area (Å²) in [4.78, 5) is 48.5. The third kappa shape index (κ3) is 3.03. The lowest BCUT2D eigenvalue weighted by atomic mass is 9.46. The zero-order chi connectivity index (χ0) is 22.8. The van der Waals surface area contributed by atoms with Gasteiger partial charge in [-0.1, -0.05) is 6.92 Å². The molecule has 4 aliphatic carbocycles. The minimum atomic E-state index is -0.448. The highest BCUT2D eigenvalue weighted by Crippen LogP contribution is 2.69. The van der Waals surface area contributed by atoms with Crippen molar-refractivity contribution in [1.82, 2.24) is 0 Å². The Bertz CT molecular complexity index is 919. The van der Waals surface area contributed by atoms with Crippen LogP contribution in [-0.4, -0.2) is 42.8 Å². The first-order valence-electron chi connectivity index (χ1n) is 11.9. The maximum Gasteiger partial charge on any atom is 0.308 e. The Hall–Kier alpha value is -2.02. The first-order valence-corrected chi connectivity index (χ1v) is 11.9. The lowest BCUT2D eigenvalue weighted by Gasteiger charge is -2.56. The number of carbonyl (C=O) groups excluding carboxylic acids is 4. The topological polar surface area (TPSA) is 96.0 Å². The Morgan fingerprint density at radius 2 is 1.88 bits per heavy atom. The average Bonchev–Trinajstić information content (AvgIpc) is 3.27. The molecular formula is C25H32O7. The molecule has 5 rings (SSSR count). The van der Waals surface area contributed by atoms with Crippen LogP contribution in [0.2, 0.25) is 0 Å². The van der Waals surface area contributed by atoms with Gasteiger partial charge in [-0.2, -0.15) is 0 Å². The number of carbonyl (C=O) groups is 4. The molecule has 0 unspecified atom stereocenters. The van der Waals surface area contributed by atoms with E-state index in [1.165, 1.54) is 13.8 Å². The van der Waals surface area contributed by atoms with E-state index in [2.05, 4.69) is 6.92 Å². The minimum Gasteiger partial charge on any atom is -0.458 e. The van der Waals surface area contributed by atoms with Gasteiger partial charge in [-0.3, -0.25) is 19.2 Å². The molecule has 7 nitrogen and oxygen atoms in total. The Balaban J connectivity index is 1.47. The van der Waals surface area contributed by atoms with Crippen molar-refractivity contribution in [2.75, 3.05) is 13.2 Å². The molecule has 1 saturated heterocycles. The number of hydrogen-bond acceptors (Lipinski definition) is 7. The Morgan fingerprint density at radius 3 is 2.59 bits per heavy atom. The van der Waals surface area contributed by atoms with Crippen molar-refractivity contribution in [1.29, 1.82) is 0 Å². The number of esters is 2. The summed E-state index contributed by atoms with van der Waals surface area (Å²) in [6.45, 7) is 5.31. The molecule has 5 aliphatic rings. The second-order valence-corrected chi connectivity index (χ2v) is 10.8. The molecule has 0 amide bonds. The molecule has 1 aliphatic heterocycles. The monoisotopic (exact) mass is 444 g/mol. The van der Waals surface area contributed by atoms with Gasteiger partial charge in [-0.25, -0.2) is 0 Å². The molecule has 32 heavy (non-hydrogen) atoms. The van der Waals surface area contributed by atoms with Crippen LogP contribution in [0, 0.1) is 34.5 Å². The summed E-state index contributed by atoms with van der Waals surface area (Å²) in [6, 6.07) is 0. The molecule has 1 heterocycles. The number of fused-ring (bicyclic) bond motifs is 2. The normalized spacial score (nSPS) is 42.1. The highest BCUT2D eigenvalue weighted by Gasteiger charge is 2.67. The Labute approximate surface area is 188 Å². The highest BCUT2D eigenvalue weighted by atomic mass is 16.5. The predicted molar refractivity (Wildman–Crippen MR) is 112 cm³/mol. The van der Waals surface area contributed by atoms with E-state index in [1.54, 1.807) is 0 Å². The van der Waals surface area contributed by atoms with Crippen LogP contribution in [0.1, 0.15) is 65.7 Å². The van der Waals surface area contributed by atoms with Crippen LogP contribution >= 0.6 is 0 Å². The van der Waals surface area contributed by atoms with Crippen LogP contribution in [0.3, 0.4) is 0 Å². The summed E-state index contributed by atoms with van der Waals surface area (Å²) in [5.41, 5.74) is 0.601. The van der Waals surface area contributed by atoms with E-state index in [0.29, 0.717) is 30.8 Å². The van der Waals surface area contributed by atoms with Gasteiger partial charge < -0.3 is 14.2 Å². The van der Waals surface area contributed by atoms with Crippen molar-refractivity contribution < 1.29 is 33.4 Å². The molecule has 0 N–H and O–H groups in total. The molecule has 3 saturated carbocycles. The molecule has 7 atom stereocenters. The van der Waals surface area contributed by atoms with Crippen LogP contribution in [0.25, 0.3) is 0 Å². The van der Waals surface area contributed by atoms with Crippen molar-refractivity contribution >= 4 is 23.5 Å². The quantitative estimate of drug-likeness (QED) is 0.615. The molecule has 0 aromatic rings. The molecule has 174 valence electrons. The van der Waals surface area contributed by atoms with E-state index in [0.717, 1.165) is 44.1 Å². The van der Waals surface area contributed by atoms with Gasteiger partial charge in [0.25, 0.3) is 0 Å². The summed E-state index contributed by atoms with van der Waals surface area (Å²) < 4.78 is 16.9. The van der Waals surface area contributed by atoms with E-state index >= 15 is 0 Å². The third-order valence-electron chi connectivity index (χ3n) is 9.33. The van der Waals surface area contributed by atoms with Crippen LogP contribution in [0.4, 0.5) is 0 Å². The summed E-state index contributed by atoms with van der Waals surface area (Å²) >= 11 is 0. The van der Waals surface area contributed by atoms with Gasteiger partial charge in [-0.15, -0.1) is 0 Å². The minimum absolute atomic E-state index is 0.0214. The van der Waals surface area contributed by atoms with Gasteiger partial charge in [0, 0.05) is 31.6 Å². The standard InChI is InChI=1S/C25H32O7/c1-13(26)30-11-20(29)17-7-6-16-15-4-5-18-23(32-14(2)27)19(28)8-9-25(18)12-31-21(22(15)25)10-24(16,17)3/h15-17,21-22H,4-12H2,1-3H3/t15-,16-,17+,21-,22+,24-,25+/m0/s1. The number of ether oxygens (including phenoxy) is 3. The molecule has 1 spiro atoms. The lowest BCUT2D eigenvalue weighted by Crippen LogP contribution is -2.55. The van der Waals surface area contributed by atoms with E-state index in [4.69, 9.17) is 14.2 Å². The lowest BCUT2D eigenvalue weighted by molar-refractivity contribution is -0.150. The molecule has 4 fully saturated rings. The van der Waals surface area contributed by atoms with Gasteiger partial charge in [0.1, 0.15) is 6.61 Å². The van der Waals surface area contributed by atoms with Gasteiger partial charge in [0.15, 0.2) is 17.3 Å². The second-order valence-electron chi connectivity index (χ2n) is 10.8. The smallest absolute Gasteiger partial charge is 0.308 e. The van der Waals surface area contributed by atoms with Crippen LogP contribution in [0.15, 0.2) is 11.3 Å². The summed E-state index contributed by atoms with van der Waals surface area (Å²) in [7, 11) is 0. The zero-order valence-electron chi connectivity index (χ0n) is 19.1. The molecule has 0 aromatic carbocycles. The fraction of sp³-hybridized carbons (Fsp3) is 0.760. The number of ketones is 2. The van der Waals surface area contributed by atoms with Gasteiger partial charge >= 0.3 is 11.9 Å². The third-order valence-corrected chi connectivity index (χ3v) is 9.33. The number of hydrogen-bond donors (Lipinski definition) is 0. The van der Waals surface area contributed by atoms with E-state index in [-0.39, 0.29) is 46.8 Å². The Morgan fingerprint density at radius 1 is 1.09 bits per heavy atom. The van der Waals surface area contributed by atoms with Crippen molar-refractivity contribution in [3.05, 3.63) is 11.3 Å². The average molecular weight is 445 g/mol. The molecule has 0 bridgehead atoms. The Kier molecular flexibility index (Phi) is 5.11. The molecule has 7 heteroatoms. The van der Waals surface area contributed by atoms with E-state index < -0.39 is 11.9 Å². The summed E-state index contributed by atoms with van der Waals surface area (Å²) in [5.74, 6) is 0.365.